The number of nitrogens with zero attached hydrogens (tertiary/aromatic N) is 5. The topological polar surface area (TPSA) is 90.5 Å². The molecular formula is C40H41ClN6O2. The highest BCUT2D eigenvalue weighted by molar-refractivity contribution is 6.34. The van der Waals surface area contributed by atoms with Gasteiger partial charge in [-0.1, -0.05) is 42.3 Å². The molecule has 250 valence electrons. The Morgan fingerprint density at radius 1 is 0.857 bits per heavy atom. The van der Waals surface area contributed by atoms with Gasteiger partial charge in [-0.05, 0) is 116 Å². The molecule has 8 nitrogen and oxygen atoms in total. The lowest BCUT2D eigenvalue weighted by Crippen LogP contribution is -2.29. The number of oxazole rings is 1. The van der Waals surface area contributed by atoms with E-state index in [0.29, 0.717) is 23.0 Å². The molecule has 2 N–H and O–H groups in total. The van der Waals surface area contributed by atoms with Crippen molar-refractivity contribution in [2.75, 3.05) is 31.5 Å². The number of rotatable bonds is 8. The molecule has 1 atom stereocenters. The summed E-state index contributed by atoms with van der Waals surface area (Å²) in [7, 11) is 0. The average molecular weight is 673 g/mol. The molecule has 0 aliphatic carbocycles. The molecule has 8 rings (SSSR count). The molecule has 3 aromatic heterocycles. The van der Waals surface area contributed by atoms with Gasteiger partial charge in [-0.2, -0.15) is 0 Å². The van der Waals surface area contributed by atoms with E-state index in [9.17, 15) is 5.11 Å². The van der Waals surface area contributed by atoms with E-state index < -0.39 is 0 Å². The molecular weight excluding hydrogens is 632 g/mol. The summed E-state index contributed by atoms with van der Waals surface area (Å²) in [6, 6.07) is 20.9. The Balaban J connectivity index is 1.07. The summed E-state index contributed by atoms with van der Waals surface area (Å²) < 4.78 is 6.33. The third-order valence-electron chi connectivity index (χ3n) is 10.1. The molecule has 2 aliphatic rings. The van der Waals surface area contributed by atoms with E-state index in [1.165, 1.54) is 24.8 Å². The molecule has 0 saturated carbocycles. The number of anilines is 2. The van der Waals surface area contributed by atoms with Crippen LogP contribution in [0.2, 0.25) is 5.02 Å². The second kappa shape index (κ2) is 13.5. The minimum absolute atomic E-state index is 0.234. The van der Waals surface area contributed by atoms with Crippen molar-refractivity contribution in [3.8, 4) is 22.6 Å². The number of benzene rings is 3. The smallest absolute Gasteiger partial charge is 0.227 e. The highest BCUT2D eigenvalue weighted by Crippen LogP contribution is 2.38. The number of aromatic nitrogens is 3. The maximum Gasteiger partial charge on any atom is 0.227 e. The molecule has 2 saturated heterocycles. The van der Waals surface area contributed by atoms with Crippen LogP contribution < -0.4 is 5.32 Å². The number of aliphatic hydroxyl groups excluding tert-OH is 1. The van der Waals surface area contributed by atoms with E-state index in [1.54, 1.807) is 0 Å². The van der Waals surface area contributed by atoms with Gasteiger partial charge in [-0.15, -0.1) is 0 Å². The fourth-order valence-electron chi connectivity index (χ4n) is 7.48. The first-order valence-corrected chi connectivity index (χ1v) is 17.7. The Hall–Kier alpha value is -4.34. The Morgan fingerprint density at radius 2 is 1.63 bits per heavy atom. The fraction of sp³-hybridized carbons (Fsp3) is 0.325. The lowest BCUT2D eigenvalue weighted by atomic mass is 9.93. The quantitative estimate of drug-likeness (QED) is 0.166. The van der Waals surface area contributed by atoms with Gasteiger partial charge in [-0.25, -0.2) is 9.97 Å². The van der Waals surface area contributed by atoms with Crippen molar-refractivity contribution < 1.29 is 9.52 Å². The van der Waals surface area contributed by atoms with E-state index in [4.69, 9.17) is 26.0 Å². The van der Waals surface area contributed by atoms with Crippen LogP contribution in [0.1, 0.15) is 47.9 Å². The molecule has 0 unspecified atom stereocenters. The molecule has 49 heavy (non-hydrogen) atoms. The molecule has 0 radical (unpaired) electrons. The van der Waals surface area contributed by atoms with Crippen LogP contribution in [0.15, 0.2) is 77.5 Å². The summed E-state index contributed by atoms with van der Waals surface area (Å²) in [6.07, 6.45) is 8.16. The molecule has 5 heterocycles. The Labute approximate surface area is 291 Å². The highest BCUT2D eigenvalue weighted by Gasteiger charge is 2.21. The first-order chi connectivity index (χ1) is 23.9. The number of hydrogen-bond donors (Lipinski definition) is 2. The van der Waals surface area contributed by atoms with Gasteiger partial charge in [0.15, 0.2) is 11.4 Å². The third kappa shape index (κ3) is 6.54. The molecule has 0 bridgehead atoms. The second-order valence-corrected chi connectivity index (χ2v) is 14.0. The monoisotopic (exact) mass is 672 g/mol. The van der Waals surface area contributed by atoms with Crippen molar-refractivity contribution in [3.63, 3.8) is 0 Å². The minimum atomic E-state index is -0.234. The Morgan fingerprint density at radius 3 is 2.45 bits per heavy atom. The molecule has 2 aliphatic heterocycles. The van der Waals surface area contributed by atoms with Gasteiger partial charge >= 0.3 is 0 Å². The number of aliphatic hydroxyl groups is 1. The number of hydrogen-bond acceptors (Lipinski definition) is 8. The van der Waals surface area contributed by atoms with Gasteiger partial charge in [-0.3, -0.25) is 14.8 Å². The van der Waals surface area contributed by atoms with Gasteiger partial charge in [0.2, 0.25) is 5.89 Å². The zero-order chi connectivity index (χ0) is 33.5. The van der Waals surface area contributed by atoms with Crippen LogP contribution in [0.25, 0.3) is 44.6 Å². The maximum atomic E-state index is 9.92. The predicted molar refractivity (Wildman–Crippen MR) is 197 cm³/mol. The number of pyridine rings is 2. The van der Waals surface area contributed by atoms with Crippen LogP contribution in [0, 0.1) is 13.8 Å². The molecule has 0 spiro atoms. The normalized spacial score (nSPS) is 17.3. The summed E-state index contributed by atoms with van der Waals surface area (Å²) in [5.74, 6) is 1.29. The van der Waals surface area contributed by atoms with Gasteiger partial charge in [0.05, 0.1) is 11.1 Å². The van der Waals surface area contributed by atoms with Crippen molar-refractivity contribution in [1.82, 2.24) is 24.8 Å². The first-order valence-electron chi connectivity index (χ1n) is 17.3. The number of β-amino-alcohol motifs (C(OH)–C–C–N with tert-alkyl or cyclic N) is 1. The molecule has 2 fully saturated rings. The third-order valence-corrected chi connectivity index (χ3v) is 10.4. The molecule has 0 amide bonds. The zero-order valence-electron chi connectivity index (χ0n) is 28.0. The summed E-state index contributed by atoms with van der Waals surface area (Å²) in [4.78, 5) is 19.2. The SMILES string of the molecule is Cc1c(Nc2nccc3cc(CN4CC[C@H](O)C4)cnc23)cccc1-c1cccc(-c2nc3cc(CN4CCCCC4)cc(Cl)c3o2)c1C. The van der Waals surface area contributed by atoms with E-state index in [1.807, 2.05) is 24.5 Å². The molecule has 9 heteroatoms. The lowest BCUT2D eigenvalue weighted by molar-refractivity contribution is 0.175. The number of fused-ring (bicyclic) bond motifs is 2. The number of piperidine rings is 1. The van der Waals surface area contributed by atoms with E-state index in [0.717, 1.165) is 100 Å². The van der Waals surface area contributed by atoms with E-state index >= 15 is 0 Å². The van der Waals surface area contributed by atoms with E-state index in [2.05, 4.69) is 82.5 Å². The van der Waals surface area contributed by atoms with Gasteiger partial charge in [0, 0.05) is 55.2 Å². The van der Waals surface area contributed by atoms with Gasteiger partial charge in [0.25, 0.3) is 0 Å². The molecule has 6 aromatic rings. The van der Waals surface area contributed by atoms with Crippen molar-refractivity contribution in [3.05, 3.63) is 100 Å². The van der Waals surface area contributed by atoms with E-state index in [-0.39, 0.29) is 6.10 Å². The van der Waals surface area contributed by atoms with Gasteiger partial charge < -0.3 is 14.8 Å². The van der Waals surface area contributed by atoms with Crippen molar-refractivity contribution in [2.24, 2.45) is 0 Å². The van der Waals surface area contributed by atoms with Crippen LogP contribution in [-0.4, -0.2) is 62.1 Å². The fourth-order valence-corrected chi connectivity index (χ4v) is 7.75. The molecule has 3 aromatic carbocycles. The maximum absolute atomic E-state index is 9.92. The second-order valence-electron chi connectivity index (χ2n) is 13.6. The summed E-state index contributed by atoms with van der Waals surface area (Å²) in [5.41, 5.74) is 10.9. The Kier molecular flexibility index (Phi) is 8.80. The lowest BCUT2D eigenvalue weighted by Gasteiger charge is -2.26. The van der Waals surface area contributed by atoms with Crippen LogP contribution in [0.4, 0.5) is 11.5 Å². The first kappa shape index (κ1) is 31.9. The van der Waals surface area contributed by atoms with Crippen molar-refractivity contribution in [1.29, 1.82) is 0 Å². The zero-order valence-corrected chi connectivity index (χ0v) is 28.8. The predicted octanol–water partition coefficient (Wildman–Crippen LogP) is 8.67. The van der Waals surface area contributed by atoms with Crippen molar-refractivity contribution >= 4 is 45.1 Å². The summed E-state index contributed by atoms with van der Waals surface area (Å²) in [5, 5.41) is 15.1. The van der Waals surface area contributed by atoms with Crippen LogP contribution in [0.3, 0.4) is 0 Å². The summed E-state index contributed by atoms with van der Waals surface area (Å²) >= 11 is 6.76. The number of halogens is 1. The van der Waals surface area contributed by atoms with Crippen molar-refractivity contribution in [2.45, 2.75) is 58.7 Å². The largest absolute Gasteiger partial charge is 0.434 e. The van der Waals surface area contributed by atoms with Crippen LogP contribution >= 0.6 is 11.6 Å². The highest BCUT2D eigenvalue weighted by atomic mass is 35.5. The Bertz CT molecular complexity index is 2160. The van der Waals surface area contributed by atoms with Gasteiger partial charge in [0.1, 0.15) is 11.0 Å². The minimum Gasteiger partial charge on any atom is -0.434 e. The number of nitrogens with one attached hydrogen (secondary N) is 1. The summed E-state index contributed by atoms with van der Waals surface area (Å²) in [6.45, 7) is 9.79. The standard InChI is InChI=1S/C40H41ClN6O2/c1-25-31(8-6-10-33(25)40-45-36-20-27(19-34(41)38(36)49-40)22-46-15-4-3-5-16-46)32-9-7-11-35(26(32)2)44-39-37-29(12-14-42-39)18-28(21-43-37)23-47-17-13-30(48)24-47/h6-12,14,18-21,30,48H,3-5,13,15-17,22-24H2,1-2H3,(H,42,44)/t30-/m0/s1. The average Bonchev–Trinajstić information content (AvgIpc) is 3.72. The van der Waals surface area contributed by atoms with Crippen LogP contribution in [0.5, 0.6) is 0 Å². The number of likely N-dealkylation sites (tertiary alicyclic amines) is 2. The van der Waals surface area contributed by atoms with Crippen LogP contribution in [-0.2, 0) is 13.1 Å².